The number of nitrogens with one attached hydrogen (secondary N) is 1. The van der Waals surface area contributed by atoms with Crippen molar-refractivity contribution in [1.29, 1.82) is 0 Å². The summed E-state index contributed by atoms with van der Waals surface area (Å²) in [5, 5.41) is 3.07. The third kappa shape index (κ3) is 4.37. The molecule has 4 heteroatoms. The van der Waals surface area contributed by atoms with Crippen LogP contribution >= 0.6 is 15.9 Å². The summed E-state index contributed by atoms with van der Waals surface area (Å²) in [7, 11) is 1.80. The lowest BCUT2D eigenvalue weighted by Crippen LogP contribution is -2.29. The van der Waals surface area contributed by atoms with Crippen molar-refractivity contribution in [2.75, 3.05) is 13.7 Å². The average molecular weight is 304 g/mol. The maximum atomic E-state index is 13.9. The van der Waals surface area contributed by atoms with Crippen LogP contribution in [0, 0.1) is 5.82 Å². The standard InChI is InChI=1S/C13H19BrFNO/c1-13(2,3)17-8-11(16-4)9-6-5-7-10(14)12(9)15/h5-7,11,16H,8H2,1-4H3. The van der Waals surface area contributed by atoms with Crippen LogP contribution in [-0.2, 0) is 4.74 Å². The van der Waals surface area contributed by atoms with Gasteiger partial charge < -0.3 is 10.1 Å². The van der Waals surface area contributed by atoms with Crippen molar-refractivity contribution in [3.05, 3.63) is 34.1 Å². The van der Waals surface area contributed by atoms with Gasteiger partial charge in [0.05, 0.1) is 22.7 Å². The van der Waals surface area contributed by atoms with E-state index in [1.807, 2.05) is 26.8 Å². The van der Waals surface area contributed by atoms with E-state index in [9.17, 15) is 4.39 Å². The van der Waals surface area contributed by atoms with Crippen molar-refractivity contribution in [3.8, 4) is 0 Å². The molecule has 0 amide bonds. The lowest BCUT2D eigenvalue weighted by molar-refractivity contribution is -0.0143. The second-order valence-electron chi connectivity index (χ2n) is 4.91. The third-order valence-corrected chi connectivity index (χ3v) is 3.00. The molecule has 0 aliphatic carbocycles. The molecule has 17 heavy (non-hydrogen) atoms. The van der Waals surface area contributed by atoms with Gasteiger partial charge in [0.25, 0.3) is 0 Å². The van der Waals surface area contributed by atoms with Crippen LogP contribution in [0.5, 0.6) is 0 Å². The molecule has 0 saturated heterocycles. The minimum atomic E-state index is -0.232. The molecule has 0 bridgehead atoms. The van der Waals surface area contributed by atoms with Gasteiger partial charge in [-0.1, -0.05) is 12.1 Å². The minimum Gasteiger partial charge on any atom is -0.374 e. The molecule has 1 unspecified atom stereocenters. The Morgan fingerprint density at radius 2 is 2.06 bits per heavy atom. The van der Waals surface area contributed by atoms with Crippen LogP contribution in [0.4, 0.5) is 4.39 Å². The van der Waals surface area contributed by atoms with Gasteiger partial charge in [0.2, 0.25) is 0 Å². The summed E-state index contributed by atoms with van der Waals surface area (Å²) in [5.41, 5.74) is 0.392. The summed E-state index contributed by atoms with van der Waals surface area (Å²) < 4.78 is 20.1. The summed E-state index contributed by atoms with van der Waals surface area (Å²) in [5.74, 6) is -0.232. The second-order valence-corrected chi connectivity index (χ2v) is 5.76. The summed E-state index contributed by atoms with van der Waals surface area (Å²) in [6.45, 7) is 6.39. The molecular weight excluding hydrogens is 285 g/mol. The molecule has 1 aromatic rings. The number of benzene rings is 1. The predicted molar refractivity (Wildman–Crippen MR) is 71.6 cm³/mol. The van der Waals surface area contributed by atoms with Crippen molar-refractivity contribution < 1.29 is 9.13 Å². The summed E-state index contributed by atoms with van der Waals surface area (Å²) in [6, 6.07) is 5.14. The van der Waals surface area contributed by atoms with E-state index in [1.54, 1.807) is 19.2 Å². The number of ether oxygens (including phenoxy) is 1. The maximum Gasteiger partial charge on any atom is 0.142 e. The van der Waals surface area contributed by atoms with E-state index in [1.165, 1.54) is 0 Å². The fourth-order valence-electron chi connectivity index (χ4n) is 1.45. The summed E-state index contributed by atoms with van der Waals surface area (Å²) >= 11 is 3.19. The van der Waals surface area contributed by atoms with Gasteiger partial charge >= 0.3 is 0 Å². The van der Waals surface area contributed by atoms with Crippen molar-refractivity contribution >= 4 is 15.9 Å². The molecule has 0 aromatic heterocycles. The summed E-state index contributed by atoms with van der Waals surface area (Å²) in [4.78, 5) is 0. The molecule has 0 radical (unpaired) electrons. The normalized spacial score (nSPS) is 13.8. The van der Waals surface area contributed by atoms with Crippen LogP contribution in [0.15, 0.2) is 22.7 Å². The Hall–Kier alpha value is -0.450. The van der Waals surface area contributed by atoms with Crippen molar-refractivity contribution in [2.45, 2.75) is 32.4 Å². The number of rotatable bonds is 4. The smallest absolute Gasteiger partial charge is 0.142 e. The molecule has 0 heterocycles. The van der Waals surface area contributed by atoms with E-state index < -0.39 is 0 Å². The first-order valence-corrected chi connectivity index (χ1v) is 6.39. The van der Waals surface area contributed by atoms with Gasteiger partial charge in [0.15, 0.2) is 0 Å². The minimum absolute atomic E-state index is 0.147. The van der Waals surface area contributed by atoms with Gasteiger partial charge in [0.1, 0.15) is 5.82 Å². The van der Waals surface area contributed by atoms with E-state index in [2.05, 4.69) is 21.2 Å². The third-order valence-electron chi connectivity index (χ3n) is 2.39. The molecule has 1 aromatic carbocycles. The van der Waals surface area contributed by atoms with E-state index in [4.69, 9.17) is 4.74 Å². The Kier molecular flexibility index (Phi) is 5.10. The zero-order valence-corrected chi connectivity index (χ0v) is 12.3. The molecule has 0 saturated carbocycles. The highest BCUT2D eigenvalue weighted by Crippen LogP contribution is 2.24. The van der Waals surface area contributed by atoms with Crippen molar-refractivity contribution in [3.63, 3.8) is 0 Å². The van der Waals surface area contributed by atoms with Crippen molar-refractivity contribution in [2.24, 2.45) is 0 Å². The Balaban J connectivity index is 2.83. The van der Waals surface area contributed by atoms with Gasteiger partial charge in [-0.05, 0) is 49.8 Å². The molecule has 0 aliphatic heterocycles. The number of hydrogen-bond donors (Lipinski definition) is 1. The fourth-order valence-corrected chi connectivity index (χ4v) is 1.83. The van der Waals surface area contributed by atoms with Crippen LogP contribution in [0.3, 0.4) is 0 Å². The topological polar surface area (TPSA) is 21.3 Å². The highest BCUT2D eigenvalue weighted by atomic mass is 79.9. The second kappa shape index (κ2) is 5.94. The number of likely N-dealkylation sites (N-methyl/N-ethyl adjacent to an activating group) is 1. The first kappa shape index (κ1) is 14.6. The highest BCUT2D eigenvalue weighted by molar-refractivity contribution is 9.10. The highest BCUT2D eigenvalue weighted by Gasteiger charge is 2.19. The molecule has 2 nitrogen and oxygen atoms in total. The first-order valence-electron chi connectivity index (χ1n) is 5.60. The van der Waals surface area contributed by atoms with Crippen LogP contribution in [0.25, 0.3) is 0 Å². The zero-order valence-electron chi connectivity index (χ0n) is 10.7. The molecule has 0 aliphatic rings. The quantitative estimate of drug-likeness (QED) is 0.916. The molecule has 96 valence electrons. The average Bonchev–Trinajstić information content (AvgIpc) is 2.23. The molecule has 1 N–H and O–H groups in total. The zero-order chi connectivity index (χ0) is 13.1. The van der Waals surface area contributed by atoms with E-state index in [0.717, 1.165) is 0 Å². The lowest BCUT2D eigenvalue weighted by Gasteiger charge is -2.25. The Morgan fingerprint density at radius 3 is 2.59 bits per heavy atom. The molecule has 1 atom stereocenters. The van der Waals surface area contributed by atoms with Crippen LogP contribution < -0.4 is 5.32 Å². The van der Waals surface area contributed by atoms with Gasteiger partial charge in [-0.15, -0.1) is 0 Å². The molecule has 0 spiro atoms. The lowest BCUT2D eigenvalue weighted by atomic mass is 10.1. The van der Waals surface area contributed by atoms with Gasteiger partial charge in [-0.3, -0.25) is 0 Å². The van der Waals surface area contributed by atoms with E-state index in [-0.39, 0.29) is 17.5 Å². The van der Waals surface area contributed by atoms with Gasteiger partial charge in [-0.25, -0.2) is 4.39 Å². The van der Waals surface area contributed by atoms with Crippen LogP contribution in [0.1, 0.15) is 32.4 Å². The molecular formula is C13H19BrFNO. The molecule has 0 fully saturated rings. The van der Waals surface area contributed by atoms with Crippen LogP contribution in [0.2, 0.25) is 0 Å². The monoisotopic (exact) mass is 303 g/mol. The number of hydrogen-bond acceptors (Lipinski definition) is 2. The number of halogens is 2. The Bertz CT molecular complexity index is 376. The first-order chi connectivity index (χ1) is 7.85. The van der Waals surface area contributed by atoms with E-state index >= 15 is 0 Å². The SMILES string of the molecule is CNC(COC(C)(C)C)c1cccc(Br)c1F. The largest absolute Gasteiger partial charge is 0.374 e. The molecule has 1 rings (SSSR count). The van der Waals surface area contributed by atoms with Gasteiger partial charge in [0, 0.05) is 5.56 Å². The fraction of sp³-hybridized carbons (Fsp3) is 0.538. The van der Waals surface area contributed by atoms with Gasteiger partial charge in [-0.2, -0.15) is 0 Å². The van der Waals surface area contributed by atoms with Crippen molar-refractivity contribution in [1.82, 2.24) is 5.32 Å². The maximum absolute atomic E-state index is 13.9. The predicted octanol–water partition coefficient (Wildman–Crippen LogP) is 3.66. The van der Waals surface area contributed by atoms with Crippen LogP contribution in [-0.4, -0.2) is 19.3 Å². The van der Waals surface area contributed by atoms with E-state index in [0.29, 0.717) is 16.6 Å². The Morgan fingerprint density at radius 1 is 1.41 bits per heavy atom. The Labute approximate surface area is 111 Å². The summed E-state index contributed by atoms with van der Waals surface area (Å²) in [6.07, 6.45) is 0.